The summed E-state index contributed by atoms with van der Waals surface area (Å²) in [6, 6.07) is 5.38. The first-order valence-corrected chi connectivity index (χ1v) is 7.67. The van der Waals surface area contributed by atoms with Crippen molar-refractivity contribution in [2.75, 3.05) is 18.6 Å². The Morgan fingerprint density at radius 3 is 2.74 bits per heavy atom. The number of hydrazine groups is 1. The lowest BCUT2D eigenvalue weighted by molar-refractivity contribution is 0.101. The van der Waals surface area contributed by atoms with Gasteiger partial charge in [-0.1, -0.05) is 23.7 Å². The van der Waals surface area contributed by atoms with Crippen LogP contribution in [0.25, 0.3) is 10.8 Å². The smallest absolute Gasteiger partial charge is 0.170 e. The van der Waals surface area contributed by atoms with Crippen LogP contribution in [0.5, 0.6) is 5.75 Å². The number of halogens is 1. The van der Waals surface area contributed by atoms with E-state index < -0.39 is 6.10 Å². The zero-order chi connectivity index (χ0) is 17.0. The molecule has 0 amide bonds. The number of fused-ring (bicyclic) bond motifs is 1. The molecule has 23 heavy (non-hydrogen) atoms. The maximum absolute atomic E-state index is 10.0. The van der Waals surface area contributed by atoms with Crippen LogP contribution in [0.15, 0.2) is 18.2 Å². The van der Waals surface area contributed by atoms with E-state index in [-0.39, 0.29) is 17.3 Å². The van der Waals surface area contributed by atoms with E-state index in [1.807, 2.05) is 26.8 Å². The standard InChI is InChI=1S/C15H22ClN5O2/c1-15(2,3)18-7-9(22)8-23-11-6-4-5-10-12(11)13(16)20-21-14(10)19-17/h4-6,9,18,22H,7-8,17H2,1-3H3,(H,19,21). The molecule has 0 spiro atoms. The number of nitrogens with one attached hydrogen (secondary N) is 2. The van der Waals surface area contributed by atoms with Crippen molar-refractivity contribution in [2.24, 2.45) is 5.84 Å². The number of rotatable bonds is 6. The second-order valence-electron chi connectivity index (χ2n) is 6.26. The van der Waals surface area contributed by atoms with Crippen LogP contribution in [-0.4, -0.2) is 40.1 Å². The average molecular weight is 340 g/mol. The van der Waals surface area contributed by atoms with Crippen molar-refractivity contribution in [3.05, 3.63) is 23.4 Å². The highest BCUT2D eigenvalue weighted by molar-refractivity contribution is 6.35. The van der Waals surface area contributed by atoms with Crippen molar-refractivity contribution in [1.82, 2.24) is 15.5 Å². The van der Waals surface area contributed by atoms with E-state index in [4.69, 9.17) is 22.2 Å². The Balaban J connectivity index is 2.15. The van der Waals surface area contributed by atoms with Gasteiger partial charge in [-0.05, 0) is 26.8 Å². The lowest BCUT2D eigenvalue weighted by Crippen LogP contribution is -2.42. The summed E-state index contributed by atoms with van der Waals surface area (Å²) in [4.78, 5) is 0. The molecule has 0 aliphatic heterocycles. The van der Waals surface area contributed by atoms with Crippen LogP contribution >= 0.6 is 11.6 Å². The van der Waals surface area contributed by atoms with E-state index in [1.54, 1.807) is 12.1 Å². The minimum absolute atomic E-state index is 0.0684. The summed E-state index contributed by atoms with van der Waals surface area (Å²) in [6.45, 7) is 6.66. The highest BCUT2D eigenvalue weighted by Crippen LogP contribution is 2.33. The molecule has 126 valence electrons. The third kappa shape index (κ3) is 4.65. The molecule has 0 fully saturated rings. The van der Waals surface area contributed by atoms with E-state index in [0.29, 0.717) is 28.9 Å². The van der Waals surface area contributed by atoms with Gasteiger partial charge in [0.25, 0.3) is 0 Å². The van der Waals surface area contributed by atoms with Crippen molar-refractivity contribution in [2.45, 2.75) is 32.4 Å². The number of aromatic nitrogens is 2. The summed E-state index contributed by atoms with van der Waals surface area (Å²) in [7, 11) is 0. The number of benzene rings is 1. The lowest BCUT2D eigenvalue weighted by atomic mass is 10.1. The van der Waals surface area contributed by atoms with Crippen molar-refractivity contribution < 1.29 is 9.84 Å². The number of aliphatic hydroxyl groups is 1. The first kappa shape index (κ1) is 17.7. The summed E-state index contributed by atoms with van der Waals surface area (Å²) in [5.41, 5.74) is 2.41. The number of β-amino-alcohol motifs (C(OH)–C–C–N with tert-alkyl or cyclic N) is 1. The Kier molecular flexibility index (Phi) is 5.59. The molecule has 1 aromatic heterocycles. The summed E-state index contributed by atoms with van der Waals surface area (Å²) >= 11 is 6.13. The van der Waals surface area contributed by atoms with Crippen LogP contribution < -0.4 is 21.3 Å². The maximum atomic E-state index is 10.0. The summed E-state index contributed by atoms with van der Waals surface area (Å²) in [5.74, 6) is 6.36. The molecule has 1 heterocycles. The molecule has 1 unspecified atom stereocenters. The highest BCUT2D eigenvalue weighted by atomic mass is 35.5. The number of anilines is 1. The Morgan fingerprint density at radius 2 is 2.09 bits per heavy atom. The molecule has 0 aliphatic carbocycles. The monoisotopic (exact) mass is 339 g/mol. The van der Waals surface area contributed by atoms with Gasteiger partial charge in [-0.15, -0.1) is 10.2 Å². The van der Waals surface area contributed by atoms with Crippen molar-refractivity contribution >= 4 is 28.2 Å². The number of nitrogens with zero attached hydrogens (tertiary/aromatic N) is 2. The minimum atomic E-state index is -0.648. The zero-order valence-electron chi connectivity index (χ0n) is 13.4. The summed E-state index contributed by atoms with van der Waals surface area (Å²) in [5, 5.41) is 22.5. The Hall–Kier alpha value is -1.67. The van der Waals surface area contributed by atoms with Gasteiger partial charge in [-0.3, -0.25) is 0 Å². The second kappa shape index (κ2) is 7.27. The topological polar surface area (TPSA) is 105 Å². The summed E-state index contributed by atoms with van der Waals surface area (Å²) in [6.07, 6.45) is -0.648. The van der Waals surface area contributed by atoms with Crippen molar-refractivity contribution in [3.63, 3.8) is 0 Å². The number of nitrogens with two attached hydrogens (primary N) is 1. The van der Waals surface area contributed by atoms with E-state index in [1.165, 1.54) is 0 Å². The van der Waals surface area contributed by atoms with Crippen LogP contribution in [0.3, 0.4) is 0 Å². The quantitative estimate of drug-likeness (QED) is 0.469. The first-order chi connectivity index (χ1) is 10.8. The highest BCUT2D eigenvalue weighted by Gasteiger charge is 2.15. The SMILES string of the molecule is CC(C)(C)NCC(O)COc1cccc2c(NN)nnc(Cl)c12. The summed E-state index contributed by atoms with van der Waals surface area (Å²) < 4.78 is 5.72. The van der Waals surface area contributed by atoms with Gasteiger partial charge in [0.2, 0.25) is 0 Å². The fourth-order valence-corrected chi connectivity index (χ4v) is 2.27. The van der Waals surface area contributed by atoms with Gasteiger partial charge in [-0.25, -0.2) is 5.84 Å². The Morgan fingerprint density at radius 1 is 1.35 bits per heavy atom. The molecule has 7 nitrogen and oxygen atoms in total. The van der Waals surface area contributed by atoms with E-state index >= 15 is 0 Å². The molecule has 0 radical (unpaired) electrons. The van der Waals surface area contributed by atoms with Gasteiger partial charge in [0.15, 0.2) is 11.0 Å². The van der Waals surface area contributed by atoms with Gasteiger partial charge >= 0.3 is 0 Å². The Bertz CT molecular complexity index is 675. The zero-order valence-corrected chi connectivity index (χ0v) is 14.2. The number of hydrogen-bond donors (Lipinski definition) is 4. The van der Waals surface area contributed by atoms with Crippen LogP contribution in [0.2, 0.25) is 5.15 Å². The van der Waals surface area contributed by atoms with Crippen molar-refractivity contribution in [3.8, 4) is 5.75 Å². The molecule has 0 bridgehead atoms. The molecule has 0 aliphatic rings. The van der Waals surface area contributed by atoms with Crippen LogP contribution in [0.4, 0.5) is 5.82 Å². The molecule has 0 saturated carbocycles. The van der Waals surface area contributed by atoms with Crippen LogP contribution in [0.1, 0.15) is 20.8 Å². The van der Waals surface area contributed by atoms with E-state index in [2.05, 4.69) is 20.9 Å². The molecule has 2 rings (SSSR count). The second-order valence-corrected chi connectivity index (χ2v) is 6.62. The average Bonchev–Trinajstić information content (AvgIpc) is 2.50. The molecule has 5 N–H and O–H groups in total. The number of nitrogen functional groups attached to an aromatic ring is 1. The van der Waals surface area contributed by atoms with Crippen LogP contribution in [0, 0.1) is 0 Å². The lowest BCUT2D eigenvalue weighted by Gasteiger charge is -2.23. The number of aliphatic hydroxyl groups excluding tert-OH is 1. The maximum Gasteiger partial charge on any atom is 0.170 e. The Labute approximate surface area is 140 Å². The molecule has 2 aromatic rings. The fraction of sp³-hybridized carbons (Fsp3) is 0.467. The molecule has 0 saturated heterocycles. The first-order valence-electron chi connectivity index (χ1n) is 7.29. The van der Waals surface area contributed by atoms with Gasteiger partial charge in [0.1, 0.15) is 18.5 Å². The van der Waals surface area contributed by atoms with E-state index in [0.717, 1.165) is 0 Å². The fourth-order valence-electron chi connectivity index (χ4n) is 2.03. The largest absolute Gasteiger partial charge is 0.490 e. The number of ether oxygens (including phenoxy) is 1. The molecule has 1 aromatic carbocycles. The molecule has 8 heteroatoms. The van der Waals surface area contributed by atoms with Gasteiger partial charge in [0, 0.05) is 17.5 Å². The predicted molar refractivity (Wildman–Crippen MR) is 91.6 cm³/mol. The van der Waals surface area contributed by atoms with Gasteiger partial charge in [0.05, 0.1) is 5.39 Å². The van der Waals surface area contributed by atoms with Gasteiger partial charge < -0.3 is 20.6 Å². The number of hydrogen-bond acceptors (Lipinski definition) is 7. The van der Waals surface area contributed by atoms with Crippen LogP contribution in [-0.2, 0) is 0 Å². The third-order valence-electron chi connectivity index (χ3n) is 3.16. The molecule has 1 atom stereocenters. The molecular weight excluding hydrogens is 318 g/mol. The van der Waals surface area contributed by atoms with E-state index in [9.17, 15) is 5.11 Å². The molecular formula is C15H22ClN5O2. The third-order valence-corrected chi connectivity index (χ3v) is 3.43. The minimum Gasteiger partial charge on any atom is -0.490 e. The normalized spacial score (nSPS) is 13.1. The van der Waals surface area contributed by atoms with Gasteiger partial charge in [-0.2, -0.15) is 0 Å². The predicted octanol–water partition coefficient (Wildman–Crippen LogP) is 1.70. The van der Waals surface area contributed by atoms with Crippen molar-refractivity contribution in [1.29, 1.82) is 0 Å².